The van der Waals surface area contributed by atoms with E-state index in [1.54, 1.807) is 0 Å². The molecule has 16 heavy (non-hydrogen) atoms. The third-order valence-electron chi connectivity index (χ3n) is 2.43. The molecule has 2 atom stereocenters. The summed E-state index contributed by atoms with van der Waals surface area (Å²) >= 11 is 0. The lowest BCUT2D eigenvalue weighted by Gasteiger charge is -2.21. The summed E-state index contributed by atoms with van der Waals surface area (Å²) < 4.78 is 0. The first-order chi connectivity index (χ1) is 7.56. The molecule has 0 bridgehead atoms. The van der Waals surface area contributed by atoms with Crippen LogP contribution in [-0.2, 0) is 9.59 Å². The zero-order chi connectivity index (χ0) is 12.1. The Morgan fingerprint density at radius 3 is 2.88 bits per heavy atom. The predicted octanol–water partition coefficient (Wildman–Crippen LogP) is -2.34. The molecular weight excluding hydrogens is 210 g/mol. The van der Waals surface area contributed by atoms with E-state index in [0.717, 1.165) is 0 Å². The van der Waals surface area contributed by atoms with Gasteiger partial charge in [0.05, 0.1) is 19.2 Å². The number of aliphatic hydroxyl groups is 1. The van der Waals surface area contributed by atoms with Crippen molar-refractivity contribution in [2.45, 2.75) is 18.6 Å². The number of amides is 2. The maximum Gasteiger partial charge on any atom is 0.240 e. The molecule has 88 valence electrons. The number of primary amides is 1. The number of nitrogens with one attached hydrogen (secondary N) is 1. The van der Waals surface area contributed by atoms with Crippen molar-refractivity contribution in [3.63, 3.8) is 0 Å². The SMILES string of the molecule is C#CCNCC(=O)N1CC(O)CC1C(N)=O. The van der Waals surface area contributed by atoms with Crippen LogP contribution in [0.2, 0.25) is 0 Å². The molecule has 0 aromatic carbocycles. The maximum atomic E-state index is 11.7. The molecule has 0 radical (unpaired) electrons. The van der Waals surface area contributed by atoms with Gasteiger partial charge in [-0.2, -0.15) is 0 Å². The van der Waals surface area contributed by atoms with Gasteiger partial charge in [-0.05, 0) is 0 Å². The molecule has 2 amide bonds. The second-order valence-corrected chi connectivity index (χ2v) is 3.66. The molecule has 6 heteroatoms. The summed E-state index contributed by atoms with van der Waals surface area (Å²) in [5.74, 6) is 1.46. The highest BCUT2D eigenvalue weighted by Gasteiger charge is 2.37. The van der Waals surface area contributed by atoms with E-state index in [0.29, 0.717) is 0 Å². The number of nitrogens with zero attached hydrogens (tertiary/aromatic N) is 1. The zero-order valence-electron chi connectivity index (χ0n) is 8.85. The van der Waals surface area contributed by atoms with Crippen molar-refractivity contribution in [2.24, 2.45) is 5.73 Å². The third kappa shape index (κ3) is 2.95. The fourth-order valence-corrected chi connectivity index (χ4v) is 1.70. The standard InChI is InChI=1S/C10H15N3O3/c1-2-3-12-5-9(15)13-6-7(14)4-8(13)10(11)16/h1,7-8,12,14H,3-6H2,(H2,11,16). The average Bonchev–Trinajstić information content (AvgIpc) is 2.61. The van der Waals surface area contributed by atoms with Crippen molar-refractivity contribution in [1.82, 2.24) is 10.2 Å². The van der Waals surface area contributed by atoms with E-state index in [-0.39, 0.29) is 32.0 Å². The molecule has 0 aromatic rings. The molecule has 1 rings (SSSR count). The first kappa shape index (κ1) is 12.5. The van der Waals surface area contributed by atoms with Gasteiger partial charge in [0.25, 0.3) is 0 Å². The summed E-state index contributed by atoms with van der Waals surface area (Å²) in [6.45, 7) is 0.467. The van der Waals surface area contributed by atoms with Gasteiger partial charge in [-0.25, -0.2) is 0 Å². The lowest BCUT2D eigenvalue weighted by Crippen LogP contribution is -2.46. The Labute approximate surface area is 93.8 Å². The number of aliphatic hydroxyl groups excluding tert-OH is 1. The van der Waals surface area contributed by atoms with Gasteiger partial charge in [0, 0.05) is 13.0 Å². The molecule has 0 aliphatic carbocycles. The summed E-state index contributed by atoms with van der Waals surface area (Å²) in [7, 11) is 0. The van der Waals surface area contributed by atoms with Crippen LogP contribution in [0.3, 0.4) is 0 Å². The van der Waals surface area contributed by atoms with Crippen molar-refractivity contribution >= 4 is 11.8 Å². The molecule has 4 N–H and O–H groups in total. The van der Waals surface area contributed by atoms with Crippen molar-refractivity contribution < 1.29 is 14.7 Å². The van der Waals surface area contributed by atoms with Crippen LogP contribution in [-0.4, -0.2) is 53.6 Å². The Bertz CT molecular complexity index is 324. The first-order valence-electron chi connectivity index (χ1n) is 4.97. The number of rotatable bonds is 4. The Hall–Kier alpha value is -1.58. The fraction of sp³-hybridized carbons (Fsp3) is 0.600. The van der Waals surface area contributed by atoms with Crippen LogP contribution in [0.1, 0.15) is 6.42 Å². The summed E-state index contributed by atoms with van der Waals surface area (Å²) in [6.07, 6.45) is 4.53. The molecule has 2 unspecified atom stereocenters. The van der Waals surface area contributed by atoms with Crippen molar-refractivity contribution in [1.29, 1.82) is 0 Å². The summed E-state index contributed by atoms with van der Waals surface area (Å²) in [4.78, 5) is 24.0. The number of carbonyl (C=O) groups excluding carboxylic acids is 2. The Morgan fingerprint density at radius 1 is 1.62 bits per heavy atom. The second kappa shape index (κ2) is 5.49. The van der Waals surface area contributed by atoms with Gasteiger partial charge in [-0.1, -0.05) is 5.92 Å². The number of hydrogen-bond donors (Lipinski definition) is 3. The molecule has 1 fully saturated rings. The van der Waals surface area contributed by atoms with E-state index in [4.69, 9.17) is 12.2 Å². The minimum Gasteiger partial charge on any atom is -0.391 e. The largest absolute Gasteiger partial charge is 0.391 e. The Balaban J connectivity index is 2.54. The van der Waals surface area contributed by atoms with E-state index >= 15 is 0 Å². The van der Waals surface area contributed by atoms with Crippen molar-refractivity contribution in [3.8, 4) is 12.3 Å². The van der Waals surface area contributed by atoms with Gasteiger partial charge in [0.15, 0.2) is 0 Å². The maximum absolute atomic E-state index is 11.7. The van der Waals surface area contributed by atoms with E-state index in [9.17, 15) is 14.7 Å². The highest BCUT2D eigenvalue weighted by molar-refractivity contribution is 5.88. The van der Waals surface area contributed by atoms with E-state index in [1.807, 2.05) is 0 Å². The molecule has 1 heterocycles. The van der Waals surface area contributed by atoms with E-state index in [1.165, 1.54) is 4.90 Å². The van der Waals surface area contributed by atoms with Gasteiger partial charge < -0.3 is 15.7 Å². The molecule has 1 aliphatic rings. The van der Waals surface area contributed by atoms with Gasteiger partial charge in [-0.15, -0.1) is 6.42 Å². The summed E-state index contributed by atoms with van der Waals surface area (Å²) in [5, 5.41) is 12.1. The number of likely N-dealkylation sites (tertiary alicyclic amines) is 1. The summed E-state index contributed by atoms with van der Waals surface area (Å²) in [5.41, 5.74) is 5.15. The highest BCUT2D eigenvalue weighted by Crippen LogP contribution is 2.17. The third-order valence-corrected chi connectivity index (χ3v) is 2.43. The van der Waals surface area contributed by atoms with Crippen LogP contribution in [0.25, 0.3) is 0 Å². The van der Waals surface area contributed by atoms with Crippen LogP contribution in [0, 0.1) is 12.3 Å². The predicted molar refractivity (Wildman–Crippen MR) is 57.0 cm³/mol. The number of β-amino-alcohol motifs (C(OH)–C–C–N with tert-alkyl or cyclic N) is 1. The monoisotopic (exact) mass is 225 g/mol. The van der Waals surface area contributed by atoms with E-state index in [2.05, 4.69) is 11.2 Å². The minimum absolute atomic E-state index is 0.0424. The van der Waals surface area contributed by atoms with Crippen LogP contribution in [0.4, 0.5) is 0 Å². The van der Waals surface area contributed by atoms with Crippen molar-refractivity contribution in [2.75, 3.05) is 19.6 Å². The van der Waals surface area contributed by atoms with Gasteiger partial charge in [0.2, 0.25) is 11.8 Å². The number of carbonyl (C=O) groups is 2. The number of hydrogen-bond acceptors (Lipinski definition) is 4. The Morgan fingerprint density at radius 2 is 2.31 bits per heavy atom. The minimum atomic E-state index is -0.713. The number of nitrogens with two attached hydrogens (primary N) is 1. The fourth-order valence-electron chi connectivity index (χ4n) is 1.70. The van der Waals surface area contributed by atoms with Crippen LogP contribution >= 0.6 is 0 Å². The topological polar surface area (TPSA) is 95.7 Å². The van der Waals surface area contributed by atoms with Gasteiger partial charge >= 0.3 is 0 Å². The lowest BCUT2D eigenvalue weighted by atomic mass is 10.2. The quantitative estimate of drug-likeness (QED) is 0.369. The molecule has 6 nitrogen and oxygen atoms in total. The van der Waals surface area contributed by atoms with E-state index < -0.39 is 18.1 Å². The molecule has 0 spiro atoms. The van der Waals surface area contributed by atoms with Crippen molar-refractivity contribution in [3.05, 3.63) is 0 Å². The second-order valence-electron chi connectivity index (χ2n) is 3.66. The normalized spacial score (nSPS) is 24.1. The molecule has 0 aromatic heterocycles. The highest BCUT2D eigenvalue weighted by atomic mass is 16.3. The lowest BCUT2D eigenvalue weighted by molar-refractivity contribution is -0.136. The molecule has 0 saturated carbocycles. The number of terminal acetylenes is 1. The van der Waals surface area contributed by atoms with Gasteiger partial charge in [0.1, 0.15) is 6.04 Å². The summed E-state index contributed by atoms with van der Waals surface area (Å²) in [6, 6.07) is -0.713. The molecule has 1 saturated heterocycles. The average molecular weight is 225 g/mol. The van der Waals surface area contributed by atoms with Crippen LogP contribution < -0.4 is 11.1 Å². The van der Waals surface area contributed by atoms with Crippen LogP contribution in [0.15, 0.2) is 0 Å². The first-order valence-corrected chi connectivity index (χ1v) is 4.97. The van der Waals surface area contributed by atoms with Crippen LogP contribution in [0.5, 0.6) is 0 Å². The molecule has 1 aliphatic heterocycles. The molecular formula is C10H15N3O3. The smallest absolute Gasteiger partial charge is 0.240 e. The zero-order valence-corrected chi connectivity index (χ0v) is 8.85. The Kier molecular flexibility index (Phi) is 4.28. The van der Waals surface area contributed by atoms with Gasteiger partial charge in [-0.3, -0.25) is 14.9 Å².